The normalized spacial score (nSPS) is 11.6. The number of esters is 2. The number of nitrogens with two attached hydrogens (primary N) is 1. The number of hydrogen-bond acceptors (Lipinski definition) is 5. The van der Waals surface area contributed by atoms with Crippen molar-refractivity contribution in [2.75, 3.05) is 18.9 Å². The third-order valence-electron chi connectivity index (χ3n) is 3.83. The van der Waals surface area contributed by atoms with Gasteiger partial charge in [-0.1, -0.05) is 0 Å². The van der Waals surface area contributed by atoms with E-state index < -0.39 is 11.9 Å². The number of carbonyl (C=O) groups is 2. The number of aryl methyl sites for hydroxylation is 1. The van der Waals surface area contributed by atoms with Gasteiger partial charge in [0.15, 0.2) is 0 Å². The van der Waals surface area contributed by atoms with E-state index in [-0.39, 0.29) is 18.8 Å². The van der Waals surface area contributed by atoms with Crippen LogP contribution in [-0.4, -0.2) is 29.7 Å². The summed E-state index contributed by atoms with van der Waals surface area (Å²) in [5.74, 6) is -1.15. The van der Waals surface area contributed by atoms with Crippen molar-refractivity contribution in [2.24, 2.45) is 7.05 Å². The second-order valence-corrected chi connectivity index (χ2v) is 5.33. The van der Waals surface area contributed by atoms with E-state index in [1.807, 2.05) is 24.6 Å². The summed E-state index contributed by atoms with van der Waals surface area (Å²) < 4.78 is 12.0. The van der Waals surface area contributed by atoms with E-state index in [1.54, 1.807) is 26.0 Å². The average Bonchev–Trinajstić information content (AvgIpc) is 2.76. The lowest BCUT2D eigenvalue weighted by molar-refractivity contribution is -0.139. The quantitative estimate of drug-likeness (QED) is 0.517. The highest BCUT2D eigenvalue weighted by Crippen LogP contribution is 2.33. The number of aromatic nitrogens is 1. The van der Waals surface area contributed by atoms with Crippen molar-refractivity contribution in [2.45, 2.75) is 20.8 Å². The molecule has 2 aromatic rings. The zero-order valence-corrected chi connectivity index (χ0v) is 14.4. The average molecular weight is 330 g/mol. The molecule has 1 aromatic heterocycles. The SMILES string of the molecule is CCOC(=O)/C=C(/C(=O)OCC)c1c(C)n(C)c2ccc(N)cc12. The van der Waals surface area contributed by atoms with Crippen molar-refractivity contribution >= 4 is 34.1 Å². The van der Waals surface area contributed by atoms with Crippen LogP contribution < -0.4 is 5.73 Å². The van der Waals surface area contributed by atoms with Crippen molar-refractivity contribution in [3.63, 3.8) is 0 Å². The molecule has 0 saturated heterocycles. The number of carbonyl (C=O) groups excluding carboxylic acids is 2. The van der Waals surface area contributed by atoms with E-state index in [4.69, 9.17) is 15.2 Å². The van der Waals surface area contributed by atoms with E-state index in [1.165, 1.54) is 6.08 Å². The summed E-state index contributed by atoms with van der Waals surface area (Å²) in [6, 6.07) is 5.47. The third kappa shape index (κ3) is 3.27. The molecule has 1 heterocycles. The molecule has 0 saturated carbocycles. The second kappa shape index (κ2) is 7.21. The van der Waals surface area contributed by atoms with Gasteiger partial charge in [-0.2, -0.15) is 0 Å². The molecule has 2 N–H and O–H groups in total. The molecular weight excluding hydrogens is 308 g/mol. The fourth-order valence-electron chi connectivity index (χ4n) is 2.67. The first-order chi connectivity index (χ1) is 11.4. The zero-order chi connectivity index (χ0) is 17.9. The summed E-state index contributed by atoms with van der Waals surface area (Å²) in [7, 11) is 1.89. The Morgan fingerprint density at radius 1 is 1.21 bits per heavy atom. The number of benzene rings is 1. The van der Waals surface area contributed by atoms with Gasteiger partial charge in [0.05, 0.1) is 18.8 Å². The van der Waals surface area contributed by atoms with Crippen LogP contribution in [0.25, 0.3) is 16.5 Å². The predicted octanol–water partition coefficient (Wildman–Crippen LogP) is 2.58. The Balaban J connectivity index is 2.72. The molecule has 0 unspecified atom stereocenters. The molecule has 0 aliphatic carbocycles. The van der Waals surface area contributed by atoms with Gasteiger partial charge in [0, 0.05) is 41.0 Å². The van der Waals surface area contributed by atoms with Crippen LogP contribution in [0.15, 0.2) is 24.3 Å². The Morgan fingerprint density at radius 2 is 1.88 bits per heavy atom. The summed E-state index contributed by atoms with van der Waals surface area (Å²) >= 11 is 0. The standard InChI is InChI=1S/C18H22N2O4/c1-5-23-16(21)10-14(18(22)24-6-2)17-11(3)20(4)15-8-7-12(19)9-13(15)17/h7-10H,5-6,19H2,1-4H3/b14-10+. The van der Waals surface area contributed by atoms with Gasteiger partial charge in [-0.3, -0.25) is 0 Å². The zero-order valence-electron chi connectivity index (χ0n) is 14.4. The Labute approximate surface area is 140 Å². The summed E-state index contributed by atoms with van der Waals surface area (Å²) in [6.45, 7) is 5.75. The highest BCUT2D eigenvalue weighted by atomic mass is 16.5. The minimum Gasteiger partial charge on any atom is -0.463 e. The predicted molar refractivity (Wildman–Crippen MR) is 93.3 cm³/mol. The first-order valence-corrected chi connectivity index (χ1v) is 7.81. The van der Waals surface area contributed by atoms with Crippen LogP contribution >= 0.6 is 0 Å². The number of ether oxygens (including phenoxy) is 2. The second-order valence-electron chi connectivity index (χ2n) is 5.33. The van der Waals surface area contributed by atoms with Crippen LogP contribution in [0.4, 0.5) is 5.69 Å². The molecule has 24 heavy (non-hydrogen) atoms. The van der Waals surface area contributed by atoms with Gasteiger partial charge >= 0.3 is 11.9 Å². The van der Waals surface area contributed by atoms with Crippen molar-refractivity contribution in [3.05, 3.63) is 35.5 Å². The number of anilines is 1. The van der Waals surface area contributed by atoms with Gasteiger partial charge in [-0.05, 0) is 39.0 Å². The van der Waals surface area contributed by atoms with Gasteiger partial charge < -0.3 is 19.8 Å². The Kier molecular flexibility index (Phi) is 5.28. The summed E-state index contributed by atoms with van der Waals surface area (Å²) in [4.78, 5) is 24.4. The van der Waals surface area contributed by atoms with E-state index in [2.05, 4.69) is 0 Å². The van der Waals surface area contributed by atoms with Gasteiger partial charge in [0.2, 0.25) is 0 Å². The molecule has 0 bridgehead atoms. The number of fused-ring (bicyclic) bond motifs is 1. The molecule has 0 fully saturated rings. The highest BCUT2D eigenvalue weighted by Gasteiger charge is 2.23. The van der Waals surface area contributed by atoms with E-state index in [0.717, 1.165) is 16.6 Å². The van der Waals surface area contributed by atoms with Crippen molar-refractivity contribution in [1.82, 2.24) is 4.57 Å². The van der Waals surface area contributed by atoms with Gasteiger partial charge in [-0.25, -0.2) is 9.59 Å². The number of nitrogens with zero attached hydrogens (tertiary/aromatic N) is 1. The fourth-order valence-corrected chi connectivity index (χ4v) is 2.67. The molecule has 2 rings (SSSR count). The Morgan fingerprint density at radius 3 is 2.50 bits per heavy atom. The van der Waals surface area contributed by atoms with E-state index >= 15 is 0 Å². The molecule has 0 aliphatic rings. The summed E-state index contributed by atoms with van der Waals surface area (Å²) in [5.41, 5.74) is 9.02. The minimum absolute atomic E-state index is 0.170. The highest BCUT2D eigenvalue weighted by molar-refractivity contribution is 6.24. The maximum Gasteiger partial charge on any atom is 0.339 e. The monoisotopic (exact) mass is 330 g/mol. The molecule has 0 aliphatic heterocycles. The molecule has 0 atom stereocenters. The lowest BCUT2D eigenvalue weighted by Gasteiger charge is -2.08. The maximum atomic E-state index is 12.4. The number of rotatable bonds is 5. The van der Waals surface area contributed by atoms with Crippen LogP contribution in [0.3, 0.4) is 0 Å². The molecule has 1 aromatic carbocycles. The molecule has 0 radical (unpaired) electrons. The molecular formula is C18H22N2O4. The van der Waals surface area contributed by atoms with Crippen molar-refractivity contribution in [1.29, 1.82) is 0 Å². The number of hydrogen-bond donors (Lipinski definition) is 1. The van der Waals surface area contributed by atoms with Crippen molar-refractivity contribution < 1.29 is 19.1 Å². The molecule has 128 valence electrons. The minimum atomic E-state index is -0.583. The fraction of sp³-hybridized carbons (Fsp3) is 0.333. The molecule has 6 nitrogen and oxygen atoms in total. The van der Waals surface area contributed by atoms with Crippen LogP contribution in [0, 0.1) is 6.92 Å². The van der Waals surface area contributed by atoms with Gasteiger partial charge in [0.1, 0.15) is 0 Å². The number of nitrogen functional groups attached to an aromatic ring is 1. The first-order valence-electron chi connectivity index (χ1n) is 7.81. The van der Waals surface area contributed by atoms with Crippen LogP contribution in [0.1, 0.15) is 25.1 Å². The topological polar surface area (TPSA) is 83.6 Å². The third-order valence-corrected chi connectivity index (χ3v) is 3.83. The lowest BCUT2D eigenvalue weighted by Crippen LogP contribution is -2.11. The molecule has 0 amide bonds. The Hall–Kier alpha value is -2.76. The Bertz CT molecular complexity index is 818. The van der Waals surface area contributed by atoms with Crippen molar-refractivity contribution in [3.8, 4) is 0 Å². The molecule has 0 spiro atoms. The maximum absolute atomic E-state index is 12.4. The van der Waals surface area contributed by atoms with Crippen LogP contribution in [0.2, 0.25) is 0 Å². The smallest absolute Gasteiger partial charge is 0.339 e. The lowest BCUT2D eigenvalue weighted by atomic mass is 10.0. The van der Waals surface area contributed by atoms with E-state index in [9.17, 15) is 9.59 Å². The largest absolute Gasteiger partial charge is 0.463 e. The molecule has 6 heteroatoms. The summed E-state index contributed by atoms with van der Waals surface area (Å²) in [6.07, 6.45) is 1.19. The van der Waals surface area contributed by atoms with E-state index in [0.29, 0.717) is 11.3 Å². The first kappa shape index (κ1) is 17.6. The van der Waals surface area contributed by atoms with Crippen LogP contribution in [0.5, 0.6) is 0 Å². The van der Waals surface area contributed by atoms with Gasteiger partial charge in [-0.15, -0.1) is 0 Å². The summed E-state index contributed by atoms with van der Waals surface area (Å²) in [5, 5.41) is 0.790. The van der Waals surface area contributed by atoms with Crippen LogP contribution in [-0.2, 0) is 26.1 Å². The van der Waals surface area contributed by atoms with Gasteiger partial charge in [0.25, 0.3) is 0 Å².